The number of carbonyl (C=O) groups is 2. The molecule has 0 unspecified atom stereocenters. The van der Waals surface area contributed by atoms with Gasteiger partial charge in [0.1, 0.15) is 11.3 Å². The average molecular weight is 336 g/mol. The fraction of sp³-hybridized carbons (Fsp3) is 0. The maximum Gasteiger partial charge on any atom is 0.283 e. The molecule has 2 aromatic rings. The molecule has 2 rings (SSSR count). The molecular formula is C14H10ClN3O5. The summed E-state index contributed by atoms with van der Waals surface area (Å²) >= 11 is 5.66. The number of hydrazine groups is 1. The summed E-state index contributed by atoms with van der Waals surface area (Å²) in [5.41, 5.74) is 3.29. The normalized spacial score (nSPS) is 9.96. The maximum atomic E-state index is 12.0. The van der Waals surface area contributed by atoms with Crippen LogP contribution in [0.2, 0.25) is 5.02 Å². The molecular weight excluding hydrogens is 326 g/mol. The third kappa shape index (κ3) is 3.74. The van der Waals surface area contributed by atoms with Crippen molar-refractivity contribution in [3.8, 4) is 5.75 Å². The predicted octanol–water partition coefficient (Wildman–Crippen LogP) is 2.03. The van der Waals surface area contributed by atoms with Crippen molar-refractivity contribution in [1.82, 2.24) is 10.9 Å². The molecule has 0 saturated carbocycles. The molecule has 0 radical (unpaired) electrons. The second-order valence-electron chi connectivity index (χ2n) is 4.34. The molecule has 0 aromatic heterocycles. The van der Waals surface area contributed by atoms with Gasteiger partial charge < -0.3 is 5.11 Å². The molecule has 0 fully saturated rings. The monoisotopic (exact) mass is 335 g/mol. The third-order valence-electron chi connectivity index (χ3n) is 2.84. The van der Waals surface area contributed by atoms with Crippen molar-refractivity contribution in [2.45, 2.75) is 0 Å². The van der Waals surface area contributed by atoms with E-state index in [2.05, 4.69) is 5.43 Å². The van der Waals surface area contributed by atoms with E-state index in [1.807, 2.05) is 5.43 Å². The van der Waals surface area contributed by atoms with Crippen molar-refractivity contribution in [3.63, 3.8) is 0 Å². The summed E-state index contributed by atoms with van der Waals surface area (Å²) < 4.78 is 0. The minimum atomic E-state index is -0.892. The summed E-state index contributed by atoms with van der Waals surface area (Å²) in [6.07, 6.45) is 0. The zero-order chi connectivity index (χ0) is 17.0. The summed E-state index contributed by atoms with van der Waals surface area (Å²) in [6, 6.07) is 9.22. The first-order valence-electron chi connectivity index (χ1n) is 6.22. The van der Waals surface area contributed by atoms with Crippen molar-refractivity contribution in [1.29, 1.82) is 0 Å². The zero-order valence-electron chi connectivity index (χ0n) is 11.4. The topological polar surface area (TPSA) is 122 Å². The number of amides is 2. The number of hydrogen-bond donors (Lipinski definition) is 3. The van der Waals surface area contributed by atoms with E-state index in [0.717, 1.165) is 6.07 Å². The van der Waals surface area contributed by atoms with Gasteiger partial charge in [-0.1, -0.05) is 23.7 Å². The predicted molar refractivity (Wildman–Crippen MR) is 81.1 cm³/mol. The SMILES string of the molecule is O=C(NNC(=O)c1ccc(Cl)cc1[N+](=O)[O-])c1ccccc1O. The van der Waals surface area contributed by atoms with Crippen LogP contribution in [0.15, 0.2) is 42.5 Å². The number of nitro groups is 1. The molecule has 0 spiro atoms. The van der Waals surface area contributed by atoms with Crippen LogP contribution in [0.1, 0.15) is 20.7 Å². The number of rotatable bonds is 3. The molecule has 9 heteroatoms. The lowest BCUT2D eigenvalue weighted by atomic mass is 10.1. The Morgan fingerprint density at radius 3 is 2.26 bits per heavy atom. The van der Waals surface area contributed by atoms with Gasteiger partial charge in [0.15, 0.2) is 0 Å². The molecule has 8 nitrogen and oxygen atoms in total. The molecule has 0 bridgehead atoms. The van der Waals surface area contributed by atoms with Gasteiger partial charge in [0.2, 0.25) is 0 Å². The van der Waals surface area contributed by atoms with E-state index in [9.17, 15) is 24.8 Å². The van der Waals surface area contributed by atoms with E-state index >= 15 is 0 Å². The number of phenols is 1. The Labute approximate surface area is 134 Å². The van der Waals surface area contributed by atoms with E-state index in [0.29, 0.717) is 0 Å². The minimum absolute atomic E-state index is 0.0570. The van der Waals surface area contributed by atoms with E-state index in [-0.39, 0.29) is 21.9 Å². The number of phenolic OH excluding ortho intramolecular Hbond substituents is 1. The van der Waals surface area contributed by atoms with Crippen molar-refractivity contribution in [3.05, 3.63) is 68.7 Å². The van der Waals surface area contributed by atoms with Gasteiger partial charge in [0.25, 0.3) is 17.5 Å². The van der Waals surface area contributed by atoms with Crippen LogP contribution in [0.3, 0.4) is 0 Å². The van der Waals surface area contributed by atoms with Gasteiger partial charge in [0.05, 0.1) is 10.5 Å². The van der Waals surface area contributed by atoms with Gasteiger partial charge in [-0.2, -0.15) is 0 Å². The average Bonchev–Trinajstić information content (AvgIpc) is 2.52. The Morgan fingerprint density at radius 1 is 1.04 bits per heavy atom. The van der Waals surface area contributed by atoms with Crippen LogP contribution in [0.25, 0.3) is 0 Å². The van der Waals surface area contributed by atoms with Crippen molar-refractivity contribution >= 4 is 29.1 Å². The number of nitro benzene ring substituents is 1. The molecule has 0 aliphatic heterocycles. The number of para-hydroxylation sites is 1. The summed E-state index contributed by atoms with van der Waals surface area (Å²) in [7, 11) is 0. The molecule has 3 N–H and O–H groups in total. The molecule has 0 atom stereocenters. The molecule has 0 heterocycles. The Balaban J connectivity index is 2.13. The van der Waals surface area contributed by atoms with Gasteiger partial charge in [0, 0.05) is 11.1 Å². The number of benzene rings is 2. The number of nitrogens with zero attached hydrogens (tertiary/aromatic N) is 1. The van der Waals surface area contributed by atoms with Crippen LogP contribution in [0.5, 0.6) is 5.75 Å². The number of hydrogen-bond acceptors (Lipinski definition) is 5. The molecule has 118 valence electrons. The summed E-state index contributed by atoms with van der Waals surface area (Å²) in [5, 5.41) is 20.6. The first-order chi connectivity index (χ1) is 10.9. The van der Waals surface area contributed by atoms with Crippen LogP contribution < -0.4 is 10.9 Å². The Hall–Kier alpha value is -3.13. The highest BCUT2D eigenvalue weighted by Crippen LogP contribution is 2.23. The summed E-state index contributed by atoms with van der Waals surface area (Å²) in [5.74, 6) is -1.93. The van der Waals surface area contributed by atoms with Gasteiger partial charge in [-0.05, 0) is 24.3 Å². The number of halogens is 1. The largest absolute Gasteiger partial charge is 0.507 e. The van der Waals surface area contributed by atoms with Crippen LogP contribution in [0.4, 0.5) is 5.69 Å². The smallest absolute Gasteiger partial charge is 0.283 e. The quantitative estimate of drug-likeness (QED) is 0.585. The molecule has 2 aromatic carbocycles. The third-order valence-corrected chi connectivity index (χ3v) is 3.07. The van der Waals surface area contributed by atoms with E-state index in [1.165, 1.54) is 36.4 Å². The van der Waals surface area contributed by atoms with Crippen LogP contribution in [-0.4, -0.2) is 21.8 Å². The zero-order valence-corrected chi connectivity index (χ0v) is 12.2. The van der Waals surface area contributed by atoms with E-state index in [1.54, 1.807) is 0 Å². The van der Waals surface area contributed by atoms with Gasteiger partial charge in [-0.15, -0.1) is 0 Å². The van der Waals surface area contributed by atoms with Crippen LogP contribution >= 0.6 is 11.6 Å². The first kappa shape index (κ1) is 16.2. The van der Waals surface area contributed by atoms with Crippen LogP contribution in [-0.2, 0) is 0 Å². The minimum Gasteiger partial charge on any atom is -0.507 e. The fourth-order valence-electron chi connectivity index (χ4n) is 1.76. The van der Waals surface area contributed by atoms with Gasteiger partial charge in [-0.3, -0.25) is 30.6 Å². The van der Waals surface area contributed by atoms with Crippen molar-refractivity contribution < 1.29 is 19.6 Å². The standard InChI is InChI=1S/C14H10ClN3O5/c15-8-5-6-9(11(7-8)18(22)23)13(20)16-17-14(21)10-3-1-2-4-12(10)19/h1-7,19H,(H,16,20)(H,17,21). The van der Waals surface area contributed by atoms with Gasteiger partial charge >= 0.3 is 0 Å². The summed E-state index contributed by atoms with van der Waals surface area (Å²) in [6.45, 7) is 0. The van der Waals surface area contributed by atoms with E-state index in [4.69, 9.17) is 11.6 Å². The molecule has 0 aliphatic rings. The lowest BCUT2D eigenvalue weighted by molar-refractivity contribution is -0.385. The molecule has 0 saturated heterocycles. The highest BCUT2D eigenvalue weighted by molar-refractivity contribution is 6.31. The Kier molecular flexibility index (Phi) is 4.77. The van der Waals surface area contributed by atoms with E-state index < -0.39 is 22.4 Å². The van der Waals surface area contributed by atoms with Gasteiger partial charge in [-0.25, -0.2) is 0 Å². The Bertz CT molecular complexity index is 794. The number of nitrogens with one attached hydrogen (secondary N) is 2. The lowest BCUT2D eigenvalue weighted by Crippen LogP contribution is -2.41. The van der Waals surface area contributed by atoms with Crippen LogP contribution in [0, 0.1) is 10.1 Å². The Morgan fingerprint density at radius 2 is 1.65 bits per heavy atom. The fourth-order valence-corrected chi connectivity index (χ4v) is 1.93. The number of carbonyl (C=O) groups excluding carboxylic acids is 2. The first-order valence-corrected chi connectivity index (χ1v) is 6.60. The summed E-state index contributed by atoms with van der Waals surface area (Å²) in [4.78, 5) is 34.0. The lowest BCUT2D eigenvalue weighted by Gasteiger charge is -2.08. The maximum absolute atomic E-state index is 12.0. The number of aromatic hydroxyl groups is 1. The second-order valence-corrected chi connectivity index (χ2v) is 4.78. The van der Waals surface area contributed by atoms with Crippen molar-refractivity contribution in [2.24, 2.45) is 0 Å². The molecule has 23 heavy (non-hydrogen) atoms. The second kappa shape index (κ2) is 6.75. The highest BCUT2D eigenvalue weighted by atomic mass is 35.5. The molecule has 0 aliphatic carbocycles. The molecule has 2 amide bonds. The highest BCUT2D eigenvalue weighted by Gasteiger charge is 2.21. The van der Waals surface area contributed by atoms with Crippen molar-refractivity contribution in [2.75, 3.05) is 0 Å².